The molecule has 0 bridgehead atoms. The Morgan fingerprint density at radius 3 is 2.59 bits per heavy atom. The molecule has 0 aliphatic carbocycles. The van der Waals surface area contributed by atoms with Gasteiger partial charge in [-0.1, -0.05) is 32.4 Å². The zero-order chi connectivity index (χ0) is 13.3. The highest BCUT2D eigenvalue weighted by Gasteiger charge is 2.08. The zero-order valence-corrected chi connectivity index (χ0v) is 11.9. The van der Waals surface area contributed by atoms with E-state index in [4.69, 9.17) is 0 Å². The Balaban J connectivity index is 0.00000121. The smallest absolute Gasteiger partial charge is 0.159 e. The number of allylic oxidation sites excluding steroid dienone is 3. The van der Waals surface area contributed by atoms with Gasteiger partial charge in [-0.05, 0) is 38.8 Å². The Morgan fingerprint density at radius 1 is 1.41 bits per heavy atom. The van der Waals surface area contributed by atoms with Crippen LogP contribution >= 0.6 is 0 Å². The van der Waals surface area contributed by atoms with Crippen molar-refractivity contribution in [2.75, 3.05) is 0 Å². The van der Waals surface area contributed by atoms with Gasteiger partial charge in [-0.25, -0.2) is 9.98 Å². The Kier molecular flexibility index (Phi) is 7.95. The second kappa shape index (κ2) is 8.68. The molecular formula is C15H24N2. The second-order valence-corrected chi connectivity index (χ2v) is 3.61. The van der Waals surface area contributed by atoms with Crippen LogP contribution in [-0.4, -0.2) is 12.1 Å². The molecule has 0 amide bonds. The lowest BCUT2D eigenvalue weighted by Crippen LogP contribution is -2.05. The molecule has 94 valence electrons. The van der Waals surface area contributed by atoms with Crippen LogP contribution < -0.4 is 0 Å². The van der Waals surface area contributed by atoms with Crippen LogP contribution in [0.15, 0.2) is 45.1 Å². The van der Waals surface area contributed by atoms with Gasteiger partial charge in [0.1, 0.15) is 0 Å². The number of hydrogen-bond donors (Lipinski definition) is 0. The molecule has 2 heteroatoms. The van der Waals surface area contributed by atoms with Crippen LogP contribution in [-0.2, 0) is 0 Å². The van der Waals surface area contributed by atoms with Gasteiger partial charge >= 0.3 is 0 Å². The van der Waals surface area contributed by atoms with Crippen LogP contribution in [0.2, 0.25) is 0 Å². The largest absolute Gasteiger partial charge is 0.237 e. The summed E-state index contributed by atoms with van der Waals surface area (Å²) >= 11 is 0. The molecule has 1 heterocycles. The van der Waals surface area contributed by atoms with Crippen molar-refractivity contribution in [2.24, 2.45) is 9.98 Å². The van der Waals surface area contributed by atoms with Crippen molar-refractivity contribution < 1.29 is 0 Å². The predicted octanol–water partition coefficient (Wildman–Crippen LogP) is 4.70. The third kappa shape index (κ3) is 4.94. The van der Waals surface area contributed by atoms with Crippen molar-refractivity contribution in [3.05, 3.63) is 35.1 Å². The fourth-order valence-corrected chi connectivity index (χ4v) is 1.28. The van der Waals surface area contributed by atoms with E-state index < -0.39 is 0 Å². The minimum absolute atomic E-state index is 0.810. The molecule has 0 unspecified atom stereocenters. The van der Waals surface area contributed by atoms with Crippen molar-refractivity contribution >= 4 is 12.1 Å². The maximum atomic E-state index is 4.40. The van der Waals surface area contributed by atoms with E-state index in [-0.39, 0.29) is 0 Å². The summed E-state index contributed by atoms with van der Waals surface area (Å²) in [5.41, 5.74) is 3.60. The summed E-state index contributed by atoms with van der Waals surface area (Å²) in [4.78, 5) is 8.68. The third-order valence-corrected chi connectivity index (χ3v) is 2.44. The normalized spacial score (nSPS) is 20.1. The summed E-state index contributed by atoms with van der Waals surface area (Å²) < 4.78 is 0. The molecule has 0 saturated carbocycles. The maximum Gasteiger partial charge on any atom is 0.159 e. The first-order valence-electron chi connectivity index (χ1n) is 6.30. The fourth-order valence-electron chi connectivity index (χ4n) is 1.28. The van der Waals surface area contributed by atoms with E-state index in [1.165, 1.54) is 11.1 Å². The second-order valence-electron chi connectivity index (χ2n) is 3.61. The van der Waals surface area contributed by atoms with Gasteiger partial charge in [0.15, 0.2) is 5.84 Å². The topological polar surface area (TPSA) is 24.7 Å². The van der Waals surface area contributed by atoms with E-state index in [1.807, 2.05) is 33.0 Å². The minimum Gasteiger partial charge on any atom is -0.237 e. The lowest BCUT2D eigenvalue weighted by Gasteiger charge is -2.09. The van der Waals surface area contributed by atoms with Gasteiger partial charge in [0.25, 0.3) is 0 Å². The molecular weight excluding hydrogens is 208 g/mol. The molecule has 0 N–H and O–H groups in total. The fraction of sp³-hybridized carbons (Fsp3) is 0.467. The summed E-state index contributed by atoms with van der Waals surface area (Å²) in [6.45, 7) is 12.3. The number of amidine groups is 1. The highest BCUT2D eigenvalue weighted by molar-refractivity contribution is 6.10. The molecule has 1 aliphatic heterocycles. The van der Waals surface area contributed by atoms with E-state index >= 15 is 0 Å². The standard InChI is InChI=1S/C13H18N2.C2H6/c1-5-10(3)9-15-13-12(6-2)11(4)7-8-14-13;1-2/h6-9H,5H2,1-4H3;1-2H3/b10-9+,12-6-,15-13-;. The highest BCUT2D eigenvalue weighted by Crippen LogP contribution is 2.15. The van der Waals surface area contributed by atoms with Crippen LogP contribution in [0.25, 0.3) is 0 Å². The highest BCUT2D eigenvalue weighted by atomic mass is 14.9. The Morgan fingerprint density at radius 2 is 2.06 bits per heavy atom. The Labute approximate surface area is 106 Å². The summed E-state index contributed by atoms with van der Waals surface area (Å²) in [5.74, 6) is 0.810. The molecule has 1 rings (SSSR count). The Hall–Kier alpha value is -1.44. The van der Waals surface area contributed by atoms with Gasteiger partial charge in [0.2, 0.25) is 0 Å². The van der Waals surface area contributed by atoms with Gasteiger partial charge in [-0.3, -0.25) is 0 Å². The number of aliphatic imine (C=N–C) groups is 2. The van der Waals surface area contributed by atoms with Gasteiger partial charge in [-0.15, -0.1) is 0 Å². The molecule has 17 heavy (non-hydrogen) atoms. The molecule has 0 spiro atoms. The van der Waals surface area contributed by atoms with Crippen molar-refractivity contribution in [1.29, 1.82) is 0 Å². The number of rotatable bonds is 2. The summed E-state index contributed by atoms with van der Waals surface area (Å²) in [6.07, 6.45) is 8.78. The van der Waals surface area contributed by atoms with E-state index in [2.05, 4.69) is 36.8 Å². The monoisotopic (exact) mass is 232 g/mol. The van der Waals surface area contributed by atoms with E-state index in [0.29, 0.717) is 0 Å². The van der Waals surface area contributed by atoms with Gasteiger partial charge < -0.3 is 0 Å². The first-order valence-corrected chi connectivity index (χ1v) is 6.30. The zero-order valence-electron chi connectivity index (χ0n) is 11.9. The van der Waals surface area contributed by atoms with Gasteiger partial charge in [-0.2, -0.15) is 0 Å². The van der Waals surface area contributed by atoms with Gasteiger partial charge in [0.05, 0.1) is 0 Å². The van der Waals surface area contributed by atoms with Crippen LogP contribution in [0.3, 0.4) is 0 Å². The molecule has 1 aliphatic rings. The van der Waals surface area contributed by atoms with Crippen LogP contribution in [0.5, 0.6) is 0 Å². The molecule has 0 aromatic rings. The van der Waals surface area contributed by atoms with Crippen molar-refractivity contribution in [2.45, 2.75) is 48.0 Å². The van der Waals surface area contributed by atoms with Crippen molar-refractivity contribution in [3.63, 3.8) is 0 Å². The van der Waals surface area contributed by atoms with Crippen LogP contribution in [0.1, 0.15) is 48.0 Å². The quantitative estimate of drug-likeness (QED) is 0.659. The molecule has 0 radical (unpaired) electrons. The predicted molar refractivity (Wildman–Crippen MR) is 78.8 cm³/mol. The summed E-state index contributed by atoms with van der Waals surface area (Å²) in [5, 5.41) is 0. The number of hydrogen-bond acceptors (Lipinski definition) is 1. The van der Waals surface area contributed by atoms with Crippen molar-refractivity contribution in [3.8, 4) is 0 Å². The maximum absolute atomic E-state index is 4.40. The molecule has 2 nitrogen and oxygen atoms in total. The van der Waals surface area contributed by atoms with E-state index in [1.54, 1.807) is 6.21 Å². The minimum atomic E-state index is 0.810. The van der Waals surface area contributed by atoms with Gasteiger partial charge in [0, 0.05) is 18.0 Å². The molecule has 0 aromatic carbocycles. The molecule has 0 saturated heterocycles. The first-order chi connectivity index (χ1) is 8.19. The summed E-state index contributed by atoms with van der Waals surface area (Å²) in [6, 6.07) is 0. The summed E-state index contributed by atoms with van der Waals surface area (Å²) in [7, 11) is 0. The molecule has 0 aromatic heterocycles. The van der Waals surface area contributed by atoms with E-state index in [0.717, 1.165) is 17.8 Å². The SMILES string of the molecule is C/C=C1/C(C)=CC=N/C1=N\C=C(/C)CC.CC. The lowest BCUT2D eigenvalue weighted by molar-refractivity contribution is 1.08. The van der Waals surface area contributed by atoms with E-state index in [9.17, 15) is 0 Å². The molecule has 0 fully saturated rings. The average Bonchev–Trinajstić information content (AvgIpc) is 2.38. The van der Waals surface area contributed by atoms with Crippen molar-refractivity contribution in [1.82, 2.24) is 0 Å². The number of dihydropyridines is 1. The Bertz CT molecular complexity index is 380. The lowest BCUT2D eigenvalue weighted by atomic mass is 10.0. The first kappa shape index (κ1) is 15.6. The third-order valence-electron chi connectivity index (χ3n) is 2.44. The van der Waals surface area contributed by atoms with Crippen LogP contribution in [0.4, 0.5) is 0 Å². The van der Waals surface area contributed by atoms with Crippen LogP contribution in [0, 0.1) is 0 Å². The number of nitrogens with zero attached hydrogens (tertiary/aromatic N) is 2. The average molecular weight is 232 g/mol. The molecule has 0 atom stereocenters.